The van der Waals surface area contributed by atoms with E-state index in [2.05, 4.69) is 19.8 Å². The van der Waals surface area contributed by atoms with E-state index in [1.807, 2.05) is 0 Å². The van der Waals surface area contributed by atoms with Crippen LogP contribution in [0.5, 0.6) is 0 Å². The normalized spacial score (nSPS) is 11.2. The highest BCUT2D eigenvalue weighted by Crippen LogP contribution is 2.11. The van der Waals surface area contributed by atoms with Gasteiger partial charge in [0.25, 0.3) is 0 Å². The smallest absolute Gasteiger partial charge is 0.0645 e. The number of nitrogens with two attached hydrogens (primary N) is 1. The first-order chi connectivity index (χ1) is 6.18. The topological polar surface area (TPSA) is 35.2 Å². The number of terminal acetylenes is 1. The van der Waals surface area contributed by atoms with Gasteiger partial charge >= 0.3 is 0 Å². The third-order valence-electron chi connectivity index (χ3n) is 2.41. The molecular weight excluding hydrogens is 162 g/mol. The third kappa shape index (κ3) is 5.68. The van der Waals surface area contributed by atoms with Crippen LogP contribution < -0.4 is 5.73 Å². The van der Waals surface area contributed by atoms with E-state index in [0.717, 1.165) is 32.3 Å². The van der Waals surface area contributed by atoms with E-state index in [9.17, 15) is 0 Å². The Hall–Kier alpha value is -0.520. The lowest BCUT2D eigenvalue weighted by Crippen LogP contribution is -2.43. The first-order valence-electron chi connectivity index (χ1n) is 4.98. The highest BCUT2D eigenvalue weighted by atomic mass is 16.5. The van der Waals surface area contributed by atoms with Crippen LogP contribution in [0.2, 0.25) is 0 Å². The highest BCUT2D eigenvalue weighted by molar-refractivity contribution is 4.83. The second kappa shape index (κ2) is 6.94. The lowest BCUT2D eigenvalue weighted by Gasteiger charge is -2.26. The van der Waals surface area contributed by atoms with Gasteiger partial charge in [-0.15, -0.1) is 12.3 Å². The Kier molecular flexibility index (Phi) is 6.66. The molecule has 0 saturated carbocycles. The van der Waals surface area contributed by atoms with Crippen molar-refractivity contribution in [1.82, 2.24) is 0 Å². The van der Waals surface area contributed by atoms with Gasteiger partial charge in [0.05, 0.1) is 6.61 Å². The van der Waals surface area contributed by atoms with Gasteiger partial charge < -0.3 is 10.5 Å². The fourth-order valence-corrected chi connectivity index (χ4v) is 1.01. The largest absolute Gasteiger partial charge is 0.380 e. The maximum absolute atomic E-state index is 6.05. The van der Waals surface area contributed by atoms with E-state index in [1.54, 1.807) is 0 Å². The molecule has 0 aliphatic rings. The predicted molar refractivity (Wildman–Crippen MR) is 56.4 cm³/mol. The minimum Gasteiger partial charge on any atom is -0.380 e. The van der Waals surface area contributed by atoms with Gasteiger partial charge in [-0.25, -0.2) is 0 Å². The Morgan fingerprint density at radius 1 is 1.38 bits per heavy atom. The molecule has 0 aromatic carbocycles. The molecule has 2 nitrogen and oxygen atoms in total. The molecule has 2 N–H and O–H groups in total. The van der Waals surface area contributed by atoms with E-state index in [0.29, 0.717) is 6.61 Å². The number of ether oxygens (including phenoxy) is 1. The molecule has 0 aromatic heterocycles. The van der Waals surface area contributed by atoms with Crippen LogP contribution >= 0.6 is 0 Å². The van der Waals surface area contributed by atoms with Gasteiger partial charge in [0.2, 0.25) is 0 Å². The SMILES string of the molecule is C#CCCCOCC(N)(CC)CC. The van der Waals surface area contributed by atoms with Gasteiger partial charge in [0, 0.05) is 18.6 Å². The van der Waals surface area contributed by atoms with Crippen LogP contribution in [0.25, 0.3) is 0 Å². The van der Waals surface area contributed by atoms with Crippen molar-refractivity contribution < 1.29 is 4.74 Å². The summed E-state index contributed by atoms with van der Waals surface area (Å²) in [6, 6.07) is 0. The van der Waals surface area contributed by atoms with Crippen molar-refractivity contribution in [2.75, 3.05) is 13.2 Å². The van der Waals surface area contributed by atoms with E-state index < -0.39 is 0 Å². The minimum atomic E-state index is -0.143. The van der Waals surface area contributed by atoms with Gasteiger partial charge in [-0.3, -0.25) is 0 Å². The zero-order valence-electron chi connectivity index (χ0n) is 8.81. The van der Waals surface area contributed by atoms with Crippen LogP contribution in [-0.4, -0.2) is 18.8 Å². The number of rotatable bonds is 7. The van der Waals surface area contributed by atoms with Crippen molar-refractivity contribution in [2.45, 2.75) is 45.1 Å². The molecule has 0 spiro atoms. The Balaban J connectivity index is 3.45. The molecule has 0 amide bonds. The zero-order chi connectivity index (χ0) is 10.2. The van der Waals surface area contributed by atoms with E-state index in [1.165, 1.54) is 0 Å². The molecule has 0 unspecified atom stereocenters. The summed E-state index contributed by atoms with van der Waals surface area (Å²) in [6.45, 7) is 5.55. The molecule has 0 fully saturated rings. The van der Waals surface area contributed by atoms with E-state index in [4.69, 9.17) is 16.9 Å². The van der Waals surface area contributed by atoms with Gasteiger partial charge in [-0.1, -0.05) is 13.8 Å². The molecule has 0 radical (unpaired) electrons. The number of hydrogen-bond acceptors (Lipinski definition) is 2. The summed E-state index contributed by atoms with van der Waals surface area (Å²) >= 11 is 0. The maximum Gasteiger partial charge on any atom is 0.0645 e. The fraction of sp³-hybridized carbons (Fsp3) is 0.818. The van der Waals surface area contributed by atoms with Crippen molar-refractivity contribution in [1.29, 1.82) is 0 Å². The highest BCUT2D eigenvalue weighted by Gasteiger charge is 2.19. The second-order valence-electron chi connectivity index (χ2n) is 3.43. The van der Waals surface area contributed by atoms with Gasteiger partial charge in [-0.05, 0) is 19.3 Å². The van der Waals surface area contributed by atoms with Crippen molar-refractivity contribution in [3.63, 3.8) is 0 Å². The molecule has 0 atom stereocenters. The van der Waals surface area contributed by atoms with Gasteiger partial charge in [0.15, 0.2) is 0 Å². The molecule has 0 rings (SSSR count). The molecule has 2 heteroatoms. The van der Waals surface area contributed by atoms with Gasteiger partial charge in [0.1, 0.15) is 0 Å². The van der Waals surface area contributed by atoms with Crippen LogP contribution in [-0.2, 0) is 4.74 Å². The lowest BCUT2D eigenvalue weighted by atomic mass is 9.96. The van der Waals surface area contributed by atoms with Crippen LogP contribution in [0.15, 0.2) is 0 Å². The molecule has 0 saturated heterocycles. The maximum atomic E-state index is 6.05. The average molecular weight is 183 g/mol. The monoisotopic (exact) mass is 183 g/mol. The lowest BCUT2D eigenvalue weighted by molar-refractivity contribution is 0.0800. The Bertz CT molecular complexity index is 156. The minimum absolute atomic E-state index is 0.143. The quantitative estimate of drug-likeness (QED) is 0.483. The predicted octanol–water partition coefficient (Wildman–Crippen LogP) is 1.93. The Morgan fingerprint density at radius 3 is 2.46 bits per heavy atom. The van der Waals surface area contributed by atoms with Crippen molar-refractivity contribution in [3.8, 4) is 12.3 Å². The summed E-state index contributed by atoms with van der Waals surface area (Å²) < 4.78 is 5.46. The number of unbranched alkanes of at least 4 members (excludes halogenated alkanes) is 1. The van der Waals surface area contributed by atoms with E-state index in [-0.39, 0.29) is 5.54 Å². The van der Waals surface area contributed by atoms with Gasteiger partial charge in [-0.2, -0.15) is 0 Å². The van der Waals surface area contributed by atoms with Crippen molar-refractivity contribution >= 4 is 0 Å². The first-order valence-corrected chi connectivity index (χ1v) is 4.98. The van der Waals surface area contributed by atoms with Crippen LogP contribution in [0, 0.1) is 12.3 Å². The molecule has 0 bridgehead atoms. The molecular formula is C11H21NO. The molecule has 0 aromatic rings. The summed E-state index contributed by atoms with van der Waals surface area (Å²) in [5, 5.41) is 0. The Morgan fingerprint density at radius 2 is 2.00 bits per heavy atom. The van der Waals surface area contributed by atoms with Crippen LogP contribution in [0.4, 0.5) is 0 Å². The van der Waals surface area contributed by atoms with Crippen molar-refractivity contribution in [3.05, 3.63) is 0 Å². The van der Waals surface area contributed by atoms with Crippen LogP contribution in [0.3, 0.4) is 0 Å². The molecule has 0 aliphatic heterocycles. The Labute approximate surface area is 81.8 Å². The second-order valence-corrected chi connectivity index (χ2v) is 3.43. The fourth-order valence-electron chi connectivity index (χ4n) is 1.01. The zero-order valence-corrected chi connectivity index (χ0v) is 8.81. The summed E-state index contributed by atoms with van der Waals surface area (Å²) in [7, 11) is 0. The standard InChI is InChI=1S/C11H21NO/c1-4-7-8-9-13-10-11(12,5-2)6-3/h1H,5-10,12H2,2-3H3. The summed E-state index contributed by atoms with van der Waals surface area (Å²) in [5.41, 5.74) is 5.90. The third-order valence-corrected chi connectivity index (χ3v) is 2.41. The number of hydrogen-bond donors (Lipinski definition) is 1. The average Bonchev–Trinajstić information content (AvgIpc) is 2.17. The molecule has 76 valence electrons. The summed E-state index contributed by atoms with van der Waals surface area (Å²) in [6.07, 6.45) is 8.75. The van der Waals surface area contributed by atoms with Crippen LogP contribution in [0.1, 0.15) is 39.5 Å². The summed E-state index contributed by atoms with van der Waals surface area (Å²) in [5.74, 6) is 2.58. The first kappa shape index (κ1) is 12.5. The molecule has 13 heavy (non-hydrogen) atoms. The van der Waals surface area contributed by atoms with E-state index >= 15 is 0 Å². The molecule has 0 heterocycles. The summed E-state index contributed by atoms with van der Waals surface area (Å²) in [4.78, 5) is 0. The molecule has 0 aliphatic carbocycles. The van der Waals surface area contributed by atoms with Crippen molar-refractivity contribution in [2.24, 2.45) is 5.73 Å².